The number of amides is 2. The van der Waals surface area contributed by atoms with E-state index in [2.05, 4.69) is 5.32 Å². The Balaban J connectivity index is 1.80. The van der Waals surface area contributed by atoms with Crippen LogP contribution in [-0.2, 0) is 9.59 Å². The van der Waals surface area contributed by atoms with Crippen LogP contribution in [0.25, 0.3) is 5.57 Å². The SMILES string of the molecule is CCOc1ccc(C2=C(Nc3cccc(OCC)c3)C(=O)N(c3cccc(C)c3C)C2=O)cc1. The number of nitrogens with zero attached hydrogens (tertiary/aromatic N) is 1. The highest BCUT2D eigenvalue weighted by molar-refractivity contribution is 6.46. The fraction of sp³-hybridized carbons (Fsp3) is 0.214. The van der Waals surface area contributed by atoms with Crippen LogP contribution in [0.4, 0.5) is 11.4 Å². The van der Waals surface area contributed by atoms with Gasteiger partial charge in [-0.2, -0.15) is 0 Å². The molecule has 0 aliphatic carbocycles. The smallest absolute Gasteiger partial charge is 0.282 e. The van der Waals surface area contributed by atoms with E-state index in [4.69, 9.17) is 9.47 Å². The molecule has 0 spiro atoms. The minimum Gasteiger partial charge on any atom is -0.494 e. The molecule has 34 heavy (non-hydrogen) atoms. The maximum atomic E-state index is 13.7. The lowest BCUT2D eigenvalue weighted by atomic mass is 10.0. The zero-order chi connectivity index (χ0) is 24.2. The minimum atomic E-state index is -0.399. The van der Waals surface area contributed by atoms with Crippen molar-refractivity contribution in [2.24, 2.45) is 0 Å². The number of aryl methyl sites for hydroxylation is 1. The van der Waals surface area contributed by atoms with E-state index in [0.29, 0.717) is 47.2 Å². The number of carbonyl (C=O) groups is 2. The Labute approximate surface area is 199 Å². The van der Waals surface area contributed by atoms with Gasteiger partial charge in [0.2, 0.25) is 0 Å². The van der Waals surface area contributed by atoms with Crippen molar-refractivity contribution in [1.82, 2.24) is 0 Å². The summed E-state index contributed by atoms with van der Waals surface area (Å²) in [5.74, 6) is 0.614. The molecule has 3 aromatic rings. The Bertz CT molecular complexity index is 1260. The van der Waals surface area contributed by atoms with Gasteiger partial charge in [-0.1, -0.05) is 30.3 Å². The monoisotopic (exact) mass is 456 g/mol. The van der Waals surface area contributed by atoms with Crippen molar-refractivity contribution in [3.63, 3.8) is 0 Å². The molecule has 0 fully saturated rings. The fourth-order valence-corrected chi connectivity index (χ4v) is 3.97. The lowest BCUT2D eigenvalue weighted by molar-refractivity contribution is -0.120. The first-order valence-corrected chi connectivity index (χ1v) is 11.4. The van der Waals surface area contributed by atoms with E-state index >= 15 is 0 Å². The van der Waals surface area contributed by atoms with E-state index in [-0.39, 0.29) is 11.6 Å². The summed E-state index contributed by atoms with van der Waals surface area (Å²) in [4.78, 5) is 28.6. The average Bonchev–Trinajstić information content (AvgIpc) is 3.06. The van der Waals surface area contributed by atoms with Gasteiger partial charge in [0.05, 0.1) is 24.5 Å². The first kappa shape index (κ1) is 23.1. The van der Waals surface area contributed by atoms with Crippen molar-refractivity contribution in [2.45, 2.75) is 27.7 Å². The third kappa shape index (κ3) is 4.39. The molecule has 0 radical (unpaired) electrons. The second-order valence-corrected chi connectivity index (χ2v) is 7.96. The summed E-state index contributed by atoms with van der Waals surface area (Å²) in [6.07, 6.45) is 0. The second-order valence-electron chi connectivity index (χ2n) is 7.96. The van der Waals surface area contributed by atoms with Crippen LogP contribution in [0.3, 0.4) is 0 Å². The van der Waals surface area contributed by atoms with Crippen molar-refractivity contribution in [1.29, 1.82) is 0 Å². The van der Waals surface area contributed by atoms with Gasteiger partial charge in [-0.25, -0.2) is 4.90 Å². The summed E-state index contributed by atoms with van der Waals surface area (Å²) in [6.45, 7) is 8.77. The standard InChI is InChI=1S/C28H28N2O4/c1-5-33-22-15-13-20(14-16-22)25-26(29-21-10-8-11-23(17-21)34-6-2)28(32)30(27(25)31)24-12-7-9-18(3)19(24)4/h7-17,29H,5-6H2,1-4H3. The molecule has 4 rings (SSSR count). The van der Waals surface area contributed by atoms with E-state index < -0.39 is 5.91 Å². The largest absolute Gasteiger partial charge is 0.494 e. The van der Waals surface area contributed by atoms with Crippen LogP contribution in [0.5, 0.6) is 11.5 Å². The highest BCUT2D eigenvalue weighted by Crippen LogP contribution is 2.36. The lowest BCUT2D eigenvalue weighted by Gasteiger charge is -2.19. The minimum absolute atomic E-state index is 0.226. The maximum absolute atomic E-state index is 13.7. The molecular formula is C28H28N2O4. The molecule has 1 aliphatic heterocycles. The van der Waals surface area contributed by atoms with Gasteiger partial charge < -0.3 is 14.8 Å². The van der Waals surface area contributed by atoms with Gasteiger partial charge in [-0.3, -0.25) is 9.59 Å². The van der Waals surface area contributed by atoms with Gasteiger partial charge in [0.15, 0.2) is 0 Å². The van der Waals surface area contributed by atoms with Crippen molar-refractivity contribution in [3.05, 3.63) is 89.1 Å². The van der Waals surface area contributed by atoms with Crippen molar-refractivity contribution >= 4 is 28.8 Å². The summed E-state index contributed by atoms with van der Waals surface area (Å²) in [6, 6.07) is 20.2. The van der Waals surface area contributed by atoms with Gasteiger partial charge >= 0.3 is 0 Å². The van der Waals surface area contributed by atoms with Gasteiger partial charge in [0.1, 0.15) is 17.2 Å². The van der Waals surface area contributed by atoms with Gasteiger partial charge in [0, 0.05) is 11.8 Å². The Hall–Kier alpha value is -4.06. The van der Waals surface area contributed by atoms with Crippen LogP contribution in [0, 0.1) is 13.8 Å². The predicted molar refractivity (Wildman–Crippen MR) is 134 cm³/mol. The van der Waals surface area contributed by atoms with Gasteiger partial charge in [-0.15, -0.1) is 0 Å². The van der Waals surface area contributed by atoms with E-state index in [9.17, 15) is 9.59 Å². The molecule has 6 heteroatoms. The molecule has 2 amide bonds. The lowest BCUT2D eigenvalue weighted by Crippen LogP contribution is -2.33. The summed E-state index contributed by atoms with van der Waals surface area (Å²) >= 11 is 0. The Kier molecular flexibility index (Phi) is 6.68. The third-order valence-corrected chi connectivity index (χ3v) is 5.77. The number of benzene rings is 3. The molecule has 0 saturated carbocycles. The van der Waals surface area contributed by atoms with E-state index in [1.807, 2.05) is 64.1 Å². The molecule has 1 heterocycles. The van der Waals surface area contributed by atoms with E-state index in [1.54, 1.807) is 30.3 Å². The van der Waals surface area contributed by atoms with Gasteiger partial charge in [-0.05, 0) is 74.7 Å². The Morgan fingerprint density at radius 3 is 2.18 bits per heavy atom. The Morgan fingerprint density at radius 2 is 1.47 bits per heavy atom. The maximum Gasteiger partial charge on any atom is 0.282 e. The number of imide groups is 1. The summed E-state index contributed by atoms with van der Waals surface area (Å²) < 4.78 is 11.1. The number of carbonyl (C=O) groups excluding carboxylic acids is 2. The molecule has 0 atom stereocenters. The highest BCUT2D eigenvalue weighted by atomic mass is 16.5. The van der Waals surface area contributed by atoms with Crippen LogP contribution < -0.4 is 19.7 Å². The number of ether oxygens (including phenoxy) is 2. The molecule has 0 saturated heterocycles. The molecule has 174 valence electrons. The number of rotatable bonds is 8. The van der Waals surface area contributed by atoms with Crippen LogP contribution in [0.2, 0.25) is 0 Å². The van der Waals surface area contributed by atoms with Gasteiger partial charge in [0.25, 0.3) is 11.8 Å². The summed E-state index contributed by atoms with van der Waals surface area (Å²) in [5, 5.41) is 3.20. The molecule has 0 bridgehead atoms. The van der Waals surface area contributed by atoms with Crippen LogP contribution in [-0.4, -0.2) is 25.0 Å². The highest BCUT2D eigenvalue weighted by Gasteiger charge is 2.41. The molecular weight excluding hydrogens is 428 g/mol. The first-order chi connectivity index (χ1) is 16.4. The number of anilines is 2. The molecule has 1 aliphatic rings. The number of nitrogens with one attached hydrogen (secondary N) is 1. The van der Waals surface area contributed by atoms with E-state index in [1.165, 1.54) is 4.90 Å². The van der Waals surface area contributed by atoms with Crippen LogP contribution >= 0.6 is 0 Å². The zero-order valence-corrected chi connectivity index (χ0v) is 19.8. The molecule has 0 unspecified atom stereocenters. The Morgan fingerprint density at radius 1 is 0.794 bits per heavy atom. The average molecular weight is 457 g/mol. The predicted octanol–water partition coefficient (Wildman–Crippen LogP) is 5.50. The van der Waals surface area contributed by atoms with Crippen molar-refractivity contribution < 1.29 is 19.1 Å². The normalized spacial score (nSPS) is 13.5. The van der Waals surface area contributed by atoms with Crippen LogP contribution in [0.1, 0.15) is 30.5 Å². The third-order valence-electron chi connectivity index (χ3n) is 5.77. The quantitative estimate of drug-likeness (QED) is 0.454. The number of hydrogen-bond acceptors (Lipinski definition) is 5. The topological polar surface area (TPSA) is 67.9 Å². The summed E-state index contributed by atoms with van der Waals surface area (Å²) in [7, 11) is 0. The molecule has 1 N–H and O–H groups in total. The zero-order valence-electron chi connectivity index (χ0n) is 19.8. The molecule has 3 aromatic carbocycles. The first-order valence-electron chi connectivity index (χ1n) is 11.4. The van der Waals surface area contributed by atoms with E-state index in [0.717, 1.165) is 11.1 Å². The summed E-state index contributed by atoms with van der Waals surface area (Å²) in [5.41, 5.74) is 4.31. The number of hydrogen-bond donors (Lipinski definition) is 1. The molecule has 0 aromatic heterocycles. The van der Waals surface area contributed by atoms with Crippen molar-refractivity contribution in [2.75, 3.05) is 23.4 Å². The van der Waals surface area contributed by atoms with Crippen LogP contribution in [0.15, 0.2) is 72.4 Å². The van der Waals surface area contributed by atoms with Crippen molar-refractivity contribution in [3.8, 4) is 11.5 Å². The fourth-order valence-electron chi connectivity index (χ4n) is 3.97. The molecule has 6 nitrogen and oxygen atoms in total. The second kappa shape index (κ2) is 9.83.